The Kier molecular flexibility index (Phi) is 6.49. The van der Waals surface area contributed by atoms with Crippen LogP contribution in [0.15, 0.2) is 94.9 Å². The number of para-hydroxylation sites is 1. The molecule has 0 aliphatic rings. The number of ether oxygens (including phenoxy) is 1. The number of benzene rings is 3. The zero-order valence-electron chi connectivity index (χ0n) is 16.5. The summed E-state index contributed by atoms with van der Waals surface area (Å²) in [4.78, 5) is 24.5. The first-order valence-corrected chi connectivity index (χ1v) is 10.6. The van der Waals surface area contributed by atoms with E-state index in [-0.39, 0.29) is 17.3 Å². The van der Waals surface area contributed by atoms with Crippen LogP contribution in [0.4, 0.5) is 5.69 Å². The van der Waals surface area contributed by atoms with Crippen LogP contribution in [0.5, 0.6) is 11.5 Å². The van der Waals surface area contributed by atoms with Gasteiger partial charge in [0, 0.05) is 11.8 Å². The summed E-state index contributed by atoms with van der Waals surface area (Å²) >= 11 is 1.20. The number of nitrogens with zero attached hydrogens (tertiary/aromatic N) is 2. The molecule has 0 spiro atoms. The Morgan fingerprint density at radius 1 is 0.968 bits per heavy atom. The van der Waals surface area contributed by atoms with Crippen LogP contribution in [-0.2, 0) is 11.3 Å². The normalized spacial score (nSPS) is 10.6. The van der Waals surface area contributed by atoms with Crippen molar-refractivity contribution in [1.29, 1.82) is 0 Å². The predicted octanol–water partition coefficient (Wildman–Crippen LogP) is 4.14. The fourth-order valence-corrected chi connectivity index (χ4v) is 3.65. The molecule has 1 aromatic heterocycles. The summed E-state index contributed by atoms with van der Waals surface area (Å²) in [5, 5.41) is 9.80. The first-order valence-electron chi connectivity index (χ1n) is 9.62. The lowest BCUT2D eigenvalue weighted by atomic mass is 10.2. The Balaban J connectivity index is 1.36. The standard InChI is InChI=1S/C23H20N4O3S/c28-21(24-18-10-7-13-20(14-18)30-19-11-5-2-6-12-19)16-31-23-26-25-22(29)27(23)15-17-8-3-1-4-9-17/h1-14H,15-16H2,(H,24,28)(H,25,29). The minimum atomic E-state index is -0.308. The molecule has 1 heterocycles. The number of nitrogens with one attached hydrogen (secondary N) is 2. The lowest BCUT2D eigenvalue weighted by Gasteiger charge is -2.09. The molecule has 4 aromatic rings. The molecule has 0 unspecified atom stereocenters. The van der Waals surface area contributed by atoms with E-state index >= 15 is 0 Å². The molecule has 0 aliphatic carbocycles. The second-order valence-corrected chi connectivity index (χ2v) is 7.61. The topological polar surface area (TPSA) is 89.0 Å². The third-order valence-electron chi connectivity index (χ3n) is 4.34. The smallest absolute Gasteiger partial charge is 0.344 e. The van der Waals surface area contributed by atoms with Gasteiger partial charge in [0.05, 0.1) is 12.3 Å². The summed E-state index contributed by atoms with van der Waals surface area (Å²) in [5.74, 6) is 1.25. The Labute approximate surface area is 183 Å². The van der Waals surface area contributed by atoms with Crippen LogP contribution >= 0.6 is 11.8 Å². The van der Waals surface area contributed by atoms with Gasteiger partial charge in [-0.1, -0.05) is 66.4 Å². The van der Waals surface area contributed by atoms with Crippen molar-refractivity contribution < 1.29 is 9.53 Å². The van der Waals surface area contributed by atoms with E-state index < -0.39 is 0 Å². The van der Waals surface area contributed by atoms with Crippen LogP contribution < -0.4 is 15.7 Å². The van der Waals surface area contributed by atoms with Gasteiger partial charge in [0.1, 0.15) is 11.5 Å². The third-order valence-corrected chi connectivity index (χ3v) is 5.31. The van der Waals surface area contributed by atoms with Gasteiger partial charge in [-0.3, -0.25) is 9.36 Å². The fourth-order valence-electron chi connectivity index (χ4n) is 2.91. The van der Waals surface area contributed by atoms with Gasteiger partial charge in [-0.05, 0) is 29.8 Å². The maximum absolute atomic E-state index is 12.4. The lowest BCUT2D eigenvalue weighted by molar-refractivity contribution is -0.113. The molecular formula is C23H20N4O3S. The van der Waals surface area contributed by atoms with E-state index in [1.807, 2.05) is 72.8 Å². The Morgan fingerprint density at radius 3 is 2.45 bits per heavy atom. The summed E-state index contributed by atoms with van der Waals surface area (Å²) in [5.41, 5.74) is 1.30. The summed E-state index contributed by atoms with van der Waals surface area (Å²) in [6.45, 7) is 0.388. The summed E-state index contributed by atoms with van der Waals surface area (Å²) in [7, 11) is 0. The summed E-state index contributed by atoms with van der Waals surface area (Å²) in [6, 6.07) is 26.2. The zero-order chi connectivity index (χ0) is 21.5. The minimum Gasteiger partial charge on any atom is -0.457 e. The zero-order valence-corrected chi connectivity index (χ0v) is 17.3. The van der Waals surface area contributed by atoms with Gasteiger partial charge >= 0.3 is 5.69 Å². The number of carbonyl (C=O) groups excluding carboxylic acids is 1. The minimum absolute atomic E-state index is 0.114. The molecule has 156 valence electrons. The highest BCUT2D eigenvalue weighted by molar-refractivity contribution is 7.99. The summed E-state index contributed by atoms with van der Waals surface area (Å²) in [6.07, 6.45) is 0. The van der Waals surface area contributed by atoms with Crippen molar-refractivity contribution in [3.63, 3.8) is 0 Å². The molecule has 4 rings (SSSR count). The molecule has 7 nitrogen and oxygen atoms in total. The van der Waals surface area contributed by atoms with Gasteiger partial charge in [-0.25, -0.2) is 9.89 Å². The maximum Gasteiger partial charge on any atom is 0.344 e. The molecule has 2 N–H and O–H groups in total. The predicted molar refractivity (Wildman–Crippen MR) is 121 cm³/mol. The lowest BCUT2D eigenvalue weighted by Crippen LogP contribution is -2.19. The van der Waals surface area contributed by atoms with Gasteiger partial charge in [0.2, 0.25) is 5.91 Å². The highest BCUT2D eigenvalue weighted by atomic mass is 32.2. The number of carbonyl (C=O) groups is 1. The molecule has 0 saturated carbocycles. The third kappa shape index (κ3) is 5.64. The number of rotatable bonds is 8. The second kappa shape index (κ2) is 9.82. The van der Waals surface area contributed by atoms with Crippen molar-refractivity contribution in [2.24, 2.45) is 0 Å². The number of thioether (sulfide) groups is 1. The van der Waals surface area contributed by atoms with Crippen LogP contribution in [0.2, 0.25) is 0 Å². The summed E-state index contributed by atoms with van der Waals surface area (Å²) < 4.78 is 7.31. The largest absolute Gasteiger partial charge is 0.457 e. The number of aromatic amines is 1. The SMILES string of the molecule is O=C(CSc1n[nH]c(=O)n1Cc1ccccc1)Nc1cccc(Oc2ccccc2)c1. The van der Waals surface area contributed by atoms with Crippen LogP contribution in [0, 0.1) is 0 Å². The van der Waals surface area contributed by atoms with Gasteiger partial charge in [-0.15, -0.1) is 5.10 Å². The van der Waals surface area contributed by atoms with E-state index in [0.29, 0.717) is 23.1 Å². The highest BCUT2D eigenvalue weighted by Crippen LogP contribution is 2.24. The molecule has 8 heteroatoms. The van der Waals surface area contributed by atoms with Crippen molar-refractivity contribution in [3.8, 4) is 11.5 Å². The number of aromatic nitrogens is 3. The van der Waals surface area contributed by atoms with E-state index in [9.17, 15) is 9.59 Å². The van der Waals surface area contributed by atoms with E-state index in [0.717, 1.165) is 11.3 Å². The van der Waals surface area contributed by atoms with Crippen LogP contribution in [0.3, 0.4) is 0 Å². The van der Waals surface area contributed by atoms with Crippen molar-refractivity contribution >= 4 is 23.4 Å². The number of hydrogen-bond donors (Lipinski definition) is 2. The van der Waals surface area contributed by atoms with E-state index in [1.165, 1.54) is 16.3 Å². The van der Waals surface area contributed by atoms with Crippen molar-refractivity contribution in [2.75, 3.05) is 11.1 Å². The van der Waals surface area contributed by atoms with E-state index in [2.05, 4.69) is 15.5 Å². The Morgan fingerprint density at radius 2 is 1.68 bits per heavy atom. The molecule has 0 bridgehead atoms. The first kappa shape index (κ1) is 20.5. The molecule has 0 saturated heterocycles. The molecule has 31 heavy (non-hydrogen) atoms. The van der Waals surface area contributed by atoms with Gasteiger partial charge in [-0.2, -0.15) is 0 Å². The van der Waals surface area contributed by atoms with Gasteiger partial charge < -0.3 is 10.1 Å². The number of anilines is 1. The molecule has 3 aromatic carbocycles. The molecule has 0 fully saturated rings. The average Bonchev–Trinajstić information content (AvgIpc) is 3.13. The second-order valence-electron chi connectivity index (χ2n) is 6.66. The van der Waals surface area contributed by atoms with Crippen LogP contribution in [-0.4, -0.2) is 26.4 Å². The van der Waals surface area contributed by atoms with Crippen molar-refractivity contribution in [3.05, 3.63) is 101 Å². The number of amides is 1. The van der Waals surface area contributed by atoms with E-state index in [1.54, 1.807) is 12.1 Å². The van der Waals surface area contributed by atoms with Crippen LogP contribution in [0.25, 0.3) is 0 Å². The van der Waals surface area contributed by atoms with Crippen molar-refractivity contribution in [2.45, 2.75) is 11.7 Å². The fraction of sp³-hybridized carbons (Fsp3) is 0.0870. The van der Waals surface area contributed by atoms with Crippen molar-refractivity contribution in [1.82, 2.24) is 14.8 Å². The first-order chi connectivity index (χ1) is 15.2. The molecule has 0 aliphatic heterocycles. The van der Waals surface area contributed by atoms with E-state index in [4.69, 9.17) is 4.74 Å². The van der Waals surface area contributed by atoms with Gasteiger partial charge in [0.25, 0.3) is 0 Å². The Bertz CT molecular complexity index is 1210. The molecule has 1 amide bonds. The number of H-pyrrole nitrogens is 1. The monoisotopic (exact) mass is 432 g/mol. The molecule has 0 atom stereocenters. The average molecular weight is 433 g/mol. The maximum atomic E-state index is 12.4. The van der Waals surface area contributed by atoms with Crippen LogP contribution in [0.1, 0.15) is 5.56 Å². The molecule has 0 radical (unpaired) electrons. The molecular weight excluding hydrogens is 412 g/mol. The number of hydrogen-bond acceptors (Lipinski definition) is 5. The quantitative estimate of drug-likeness (QED) is 0.409. The van der Waals surface area contributed by atoms with Gasteiger partial charge in [0.15, 0.2) is 5.16 Å². The highest BCUT2D eigenvalue weighted by Gasteiger charge is 2.12. The Hall–Kier alpha value is -3.78.